The molecule has 182 valence electrons. The molecule has 0 unspecified atom stereocenters. The number of guanidine groups is 1. The summed E-state index contributed by atoms with van der Waals surface area (Å²) in [6.07, 6.45) is 1.51. The van der Waals surface area contributed by atoms with Gasteiger partial charge >= 0.3 is 0 Å². The summed E-state index contributed by atoms with van der Waals surface area (Å²) in [5.41, 5.74) is 6.92. The van der Waals surface area contributed by atoms with Gasteiger partial charge in [0.25, 0.3) is 0 Å². The first-order chi connectivity index (χ1) is 17.5. The first-order valence-electron chi connectivity index (χ1n) is 11.3. The number of fused-ring (bicyclic) bond motifs is 1. The molecule has 0 saturated heterocycles. The molecular weight excluding hydrogens is 481 g/mol. The molecule has 1 aliphatic rings. The molecule has 0 amide bonds. The van der Waals surface area contributed by atoms with Crippen molar-refractivity contribution in [2.24, 2.45) is 10.1 Å². The topological polar surface area (TPSA) is 95.8 Å². The molecule has 4 aromatic rings. The van der Waals surface area contributed by atoms with Crippen molar-refractivity contribution >= 4 is 45.7 Å². The minimum Gasteiger partial charge on any atom is -0.487 e. The van der Waals surface area contributed by atoms with Crippen molar-refractivity contribution in [2.45, 2.75) is 13.5 Å². The van der Waals surface area contributed by atoms with E-state index >= 15 is 0 Å². The molecule has 0 atom stereocenters. The van der Waals surface area contributed by atoms with Crippen LogP contribution >= 0.6 is 11.6 Å². The van der Waals surface area contributed by atoms with Gasteiger partial charge < -0.3 is 15.4 Å². The Kier molecular flexibility index (Phi) is 6.90. The van der Waals surface area contributed by atoms with Crippen molar-refractivity contribution in [3.05, 3.63) is 89.0 Å². The van der Waals surface area contributed by atoms with Crippen LogP contribution in [0.15, 0.2) is 77.1 Å². The largest absolute Gasteiger partial charge is 0.487 e. The van der Waals surface area contributed by atoms with Gasteiger partial charge in [0, 0.05) is 17.6 Å². The van der Waals surface area contributed by atoms with Crippen LogP contribution in [0.1, 0.15) is 18.1 Å². The van der Waals surface area contributed by atoms with Crippen LogP contribution in [0.2, 0.25) is 5.02 Å². The average Bonchev–Trinajstić information content (AvgIpc) is 3.41. The molecule has 0 radical (unpaired) electrons. The van der Waals surface area contributed by atoms with Gasteiger partial charge in [0.05, 0.1) is 22.8 Å². The highest BCUT2D eigenvalue weighted by molar-refractivity contribution is 6.32. The highest BCUT2D eigenvalue weighted by Gasteiger charge is 2.10. The van der Waals surface area contributed by atoms with E-state index in [-0.39, 0.29) is 12.4 Å². The van der Waals surface area contributed by atoms with Crippen LogP contribution in [-0.4, -0.2) is 34.7 Å². The number of rotatable bonds is 7. The molecule has 2 heterocycles. The van der Waals surface area contributed by atoms with E-state index in [2.05, 4.69) is 36.1 Å². The molecular formula is C26H23ClFN7O. The number of nitrogens with zero attached hydrogens (tertiary/aromatic N) is 4. The first-order valence-corrected chi connectivity index (χ1v) is 11.7. The maximum atomic E-state index is 13.4. The lowest BCUT2D eigenvalue weighted by Gasteiger charge is -2.12. The Morgan fingerprint density at radius 1 is 1.14 bits per heavy atom. The number of hydrogen-bond acceptors (Lipinski definition) is 8. The molecule has 36 heavy (non-hydrogen) atoms. The molecule has 1 aliphatic heterocycles. The summed E-state index contributed by atoms with van der Waals surface area (Å²) in [7, 11) is 0. The molecule has 0 spiro atoms. The summed E-state index contributed by atoms with van der Waals surface area (Å²) in [5.74, 6) is 1.50. The molecule has 5 rings (SSSR count). The molecule has 1 aromatic heterocycles. The molecule has 0 fully saturated rings. The predicted molar refractivity (Wildman–Crippen MR) is 141 cm³/mol. The third-order valence-corrected chi connectivity index (χ3v) is 5.83. The third-order valence-electron chi connectivity index (χ3n) is 5.53. The molecule has 0 bridgehead atoms. The van der Waals surface area contributed by atoms with Crippen LogP contribution in [0.3, 0.4) is 0 Å². The smallest absolute Gasteiger partial charge is 0.212 e. The van der Waals surface area contributed by atoms with Crippen molar-refractivity contribution in [3.63, 3.8) is 0 Å². The zero-order chi connectivity index (χ0) is 24.9. The van der Waals surface area contributed by atoms with Gasteiger partial charge in [-0.2, -0.15) is 5.10 Å². The zero-order valence-electron chi connectivity index (χ0n) is 19.4. The number of halogens is 2. The molecule has 3 aromatic carbocycles. The molecule has 3 N–H and O–H groups in total. The number of hydrogen-bond donors (Lipinski definition) is 3. The second-order valence-corrected chi connectivity index (χ2v) is 8.52. The van der Waals surface area contributed by atoms with E-state index in [1.54, 1.807) is 24.3 Å². The van der Waals surface area contributed by atoms with Crippen LogP contribution < -0.4 is 20.8 Å². The van der Waals surface area contributed by atoms with E-state index in [1.165, 1.54) is 18.5 Å². The van der Waals surface area contributed by atoms with Crippen LogP contribution in [0.4, 0.5) is 15.9 Å². The standard InChI is InChI=1S/C26H23ClFN7O/c1-16(34-35-26-29-9-10-30-26)18-5-7-23-21(12-18)25(32-15-31-23)33-20-6-8-24(22(27)13-20)36-14-17-3-2-4-19(28)11-17/h2-8,11-13,15H,9-10,14H2,1H3,(H2,29,30,35)(H,31,32,33). The van der Waals surface area contributed by atoms with Crippen molar-refractivity contribution < 1.29 is 9.13 Å². The summed E-state index contributed by atoms with van der Waals surface area (Å²) >= 11 is 6.46. The van der Waals surface area contributed by atoms with E-state index in [0.29, 0.717) is 22.5 Å². The maximum Gasteiger partial charge on any atom is 0.212 e. The number of anilines is 2. The Morgan fingerprint density at radius 2 is 2.06 bits per heavy atom. The number of aromatic nitrogens is 2. The Bertz CT molecular complexity index is 1470. The van der Waals surface area contributed by atoms with Crippen molar-refractivity contribution in [1.29, 1.82) is 0 Å². The van der Waals surface area contributed by atoms with Gasteiger partial charge in [0.1, 0.15) is 30.3 Å². The van der Waals surface area contributed by atoms with E-state index in [1.807, 2.05) is 31.2 Å². The third kappa shape index (κ3) is 5.52. The van der Waals surface area contributed by atoms with Gasteiger partial charge in [-0.15, -0.1) is 0 Å². The minimum atomic E-state index is -0.306. The lowest BCUT2D eigenvalue weighted by Crippen LogP contribution is -2.30. The second-order valence-electron chi connectivity index (χ2n) is 8.11. The molecule has 10 heteroatoms. The summed E-state index contributed by atoms with van der Waals surface area (Å²) in [6.45, 7) is 3.68. The van der Waals surface area contributed by atoms with Gasteiger partial charge in [-0.3, -0.25) is 0 Å². The number of hydrazone groups is 1. The Balaban J connectivity index is 1.33. The lowest BCUT2D eigenvalue weighted by atomic mass is 10.1. The average molecular weight is 504 g/mol. The lowest BCUT2D eigenvalue weighted by molar-refractivity contribution is 0.306. The zero-order valence-corrected chi connectivity index (χ0v) is 20.2. The number of nitrogens with one attached hydrogen (secondary N) is 3. The SMILES string of the molecule is CC(=NNC1=NCCN1)c1ccc2ncnc(Nc3ccc(OCc4cccc(F)c4)c(Cl)c3)c2c1. The van der Waals surface area contributed by atoms with Crippen molar-refractivity contribution in [1.82, 2.24) is 20.7 Å². The normalized spacial score (nSPS) is 13.3. The maximum absolute atomic E-state index is 13.4. The Labute approximate surface area is 212 Å². The summed E-state index contributed by atoms with van der Waals surface area (Å²) in [6, 6.07) is 17.5. The van der Waals surface area contributed by atoms with Gasteiger partial charge in [0.15, 0.2) is 0 Å². The van der Waals surface area contributed by atoms with Crippen molar-refractivity contribution in [3.8, 4) is 5.75 Å². The molecule has 0 aliphatic carbocycles. The van der Waals surface area contributed by atoms with Crippen LogP contribution in [0, 0.1) is 5.82 Å². The number of ether oxygens (including phenoxy) is 1. The first kappa shape index (κ1) is 23.5. The van der Waals surface area contributed by atoms with Gasteiger partial charge in [-0.1, -0.05) is 29.8 Å². The van der Waals surface area contributed by atoms with E-state index in [9.17, 15) is 4.39 Å². The summed E-state index contributed by atoms with van der Waals surface area (Å²) in [5, 5.41) is 12.1. The fourth-order valence-electron chi connectivity index (χ4n) is 3.68. The van der Waals surface area contributed by atoms with Gasteiger partial charge in [-0.25, -0.2) is 24.8 Å². The highest BCUT2D eigenvalue weighted by atomic mass is 35.5. The van der Waals surface area contributed by atoms with E-state index in [4.69, 9.17) is 16.3 Å². The van der Waals surface area contributed by atoms with Crippen LogP contribution in [-0.2, 0) is 6.61 Å². The number of aliphatic imine (C=N–C) groups is 1. The number of benzene rings is 3. The second kappa shape index (κ2) is 10.6. The monoisotopic (exact) mass is 503 g/mol. The Hall–Kier alpha value is -4.24. The predicted octanol–water partition coefficient (Wildman–Crippen LogP) is 5.02. The van der Waals surface area contributed by atoms with Crippen LogP contribution in [0.25, 0.3) is 10.9 Å². The Morgan fingerprint density at radius 3 is 2.86 bits per heavy atom. The summed E-state index contributed by atoms with van der Waals surface area (Å²) in [4.78, 5) is 13.1. The molecule has 8 nitrogen and oxygen atoms in total. The summed E-state index contributed by atoms with van der Waals surface area (Å²) < 4.78 is 19.2. The van der Waals surface area contributed by atoms with E-state index < -0.39 is 0 Å². The quantitative estimate of drug-likeness (QED) is 0.242. The highest BCUT2D eigenvalue weighted by Crippen LogP contribution is 2.31. The fourth-order valence-corrected chi connectivity index (χ4v) is 3.91. The van der Waals surface area contributed by atoms with Gasteiger partial charge in [-0.05, 0) is 60.5 Å². The van der Waals surface area contributed by atoms with Crippen molar-refractivity contribution in [2.75, 3.05) is 18.4 Å². The minimum absolute atomic E-state index is 0.211. The molecule has 0 saturated carbocycles. The van der Waals surface area contributed by atoms with Crippen LogP contribution in [0.5, 0.6) is 5.75 Å². The van der Waals surface area contributed by atoms with E-state index in [0.717, 1.165) is 46.5 Å². The van der Waals surface area contributed by atoms with Gasteiger partial charge in [0.2, 0.25) is 5.96 Å². The fraction of sp³-hybridized carbons (Fsp3) is 0.154.